The Morgan fingerprint density at radius 3 is 2.83 bits per heavy atom. The minimum absolute atomic E-state index is 0.432. The van der Waals surface area contributed by atoms with Gasteiger partial charge in [0, 0.05) is 24.5 Å². The van der Waals surface area contributed by atoms with Crippen molar-refractivity contribution >= 4 is 0 Å². The molecule has 2 heteroatoms. The second-order valence-corrected chi connectivity index (χ2v) is 6.14. The van der Waals surface area contributed by atoms with E-state index < -0.39 is 0 Å². The lowest BCUT2D eigenvalue weighted by molar-refractivity contribution is 0.249. The molecule has 3 atom stereocenters. The molecule has 1 N–H and O–H groups in total. The van der Waals surface area contributed by atoms with Gasteiger partial charge < -0.3 is 5.32 Å². The molecule has 2 saturated carbocycles. The molecule has 2 aliphatic carbocycles. The fourth-order valence-electron chi connectivity index (χ4n) is 3.46. The maximum Gasteiger partial charge on any atom is 0.0315 e. The van der Waals surface area contributed by atoms with Crippen LogP contribution in [0.25, 0.3) is 0 Å². The first-order valence-electron chi connectivity index (χ1n) is 7.49. The van der Waals surface area contributed by atoms with Gasteiger partial charge in [-0.3, -0.25) is 4.98 Å². The van der Waals surface area contributed by atoms with E-state index in [2.05, 4.69) is 23.3 Å². The van der Waals surface area contributed by atoms with Gasteiger partial charge in [0.2, 0.25) is 0 Å². The molecule has 0 aliphatic heterocycles. The first-order chi connectivity index (χ1) is 8.83. The molecule has 3 rings (SSSR count). The van der Waals surface area contributed by atoms with Crippen molar-refractivity contribution in [3.63, 3.8) is 0 Å². The summed E-state index contributed by atoms with van der Waals surface area (Å²) in [6.07, 6.45) is 12.5. The Bertz CT molecular complexity index is 372. The standard InChI is InChI=1S/C16H24N2/c1-12(15-5-3-9-17-11-15)18-16-6-2-4-14(10-16)13-7-8-13/h3,5,9,11-14,16,18H,2,4,6-8,10H2,1H3/t12-,14?,16?/m1/s1. The van der Waals surface area contributed by atoms with Crippen LogP contribution in [0.3, 0.4) is 0 Å². The van der Waals surface area contributed by atoms with Gasteiger partial charge in [0.25, 0.3) is 0 Å². The number of nitrogens with zero attached hydrogens (tertiary/aromatic N) is 1. The highest BCUT2D eigenvalue weighted by Crippen LogP contribution is 2.44. The minimum atomic E-state index is 0.432. The molecule has 0 saturated heterocycles. The van der Waals surface area contributed by atoms with Gasteiger partial charge in [0.05, 0.1) is 0 Å². The van der Waals surface area contributed by atoms with Crippen molar-refractivity contribution in [2.75, 3.05) is 0 Å². The fourth-order valence-corrected chi connectivity index (χ4v) is 3.46. The van der Waals surface area contributed by atoms with E-state index in [1.807, 2.05) is 18.5 Å². The first-order valence-corrected chi connectivity index (χ1v) is 7.49. The van der Waals surface area contributed by atoms with Crippen LogP contribution in [0.15, 0.2) is 24.5 Å². The summed E-state index contributed by atoms with van der Waals surface area (Å²) in [5, 5.41) is 3.81. The van der Waals surface area contributed by atoms with Crippen LogP contribution in [0, 0.1) is 11.8 Å². The smallest absolute Gasteiger partial charge is 0.0315 e. The van der Waals surface area contributed by atoms with Gasteiger partial charge in [-0.2, -0.15) is 0 Å². The molecule has 98 valence electrons. The van der Waals surface area contributed by atoms with Crippen molar-refractivity contribution in [1.82, 2.24) is 10.3 Å². The molecule has 2 unspecified atom stereocenters. The highest BCUT2D eigenvalue weighted by Gasteiger charge is 2.34. The summed E-state index contributed by atoms with van der Waals surface area (Å²) in [6.45, 7) is 2.26. The van der Waals surface area contributed by atoms with Gasteiger partial charge >= 0.3 is 0 Å². The van der Waals surface area contributed by atoms with E-state index in [0.717, 1.165) is 17.9 Å². The zero-order valence-electron chi connectivity index (χ0n) is 11.3. The lowest BCUT2D eigenvalue weighted by atomic mass is 9.82. The van der Waals surface area contributed by atoms with Crippen molar-refractivity contribution in [2.24, 2.45) is 11.8 Å². The molecule has 0 amide bonds. The van der Waals surface area contributed by atoms with E-state index in [0.29, 0.717) is 6.04 Å². The topological polar surface area (TPSA) is 24.9 Å². The fraction of sp³-hybridized carbons (Fsp3) is 0.688. The average molecular weight is 244 g/mol. The molecule has 2 nitrogen and oxygen atoms in total. The zero-order chi connectivity index (χ0) is 12.4. The van der Waals surface area contributed by atoms with Crippen molar-refractivity contribution in [3.05, 3.63) is 30.1 Å². The van der Waals surface area contributed by atoms with Gasteiger partial charge in [-0.05, 0) is 56.1 Å². The summed E-state index contributed by atoms with van der Waals surface area (Å²) in [5.41, 5.74) is 1.31. The van der Waals surface area contributed by atoms with Crippen LogP contribution in [-0.2, 0) is 0 Å². The van der Waals surface area contributed by atoms with E-state index in [1.165, 1.54) is 44.1 Å². The Morgan fingerprint density at radius 2 is 2.11 bits per heavy atom. The third-order valence-electron chi connectivity index (χ3n) is 4.67. The van der Waals surface area contributed by atoms with E-state index in [9.17, 15) is 0 Å². The number of nitrogens with one attached hydrogen (secondary N) is 1. The molecule has 0 aromatic carbocycles. The average Bonchev–Trinajstić information content (AvgIpc) is 3.24. The Labute approximate surface area is 110 Å². The van der Waals surface area contributed by atoms with Gasteiger partial charge in [0.1, 0.15) is 0 Å². The molecule has 18 heavy (non-hydrogen) atoms. The summed E-state index contributed by atoms with van der Waals surface area (Å²) in [7, 11) is 0. The Balaban J connectivity index is 1.55. The largest absolute Gasteiger partial charge is 0.307 e. The van der Waals surface area contributed by atoms with Gasteiger partial charge in [-0.15, -0.1) is 0 Å². The van der Waals surface area contributed by atoms with Crippen LogP contribution in [-0.4, -0.2) is 11.0 Å². The van der Waals surface area contributed by atoms with Crippen molar-refractivity contribution < 1.29 is 0 Å². The van der Waals surface area contributed by atoms with E-state index in [4.69, 9.17) is 0 Å². The van der Waals surface area contributed by atoms with E-state index >= 15 is 0 Å². The molecule has 1 heterocycles. The summed E-state index contributed by atoms with van der Waals surface area (Å²) in [5.74, 6) is 2.08. The van der Waals surface area contributed by atoms with Gasteiger partial charge in [0.15, 0.2) is 0 Å². The van der Waals surface area contributed by atoms with Crippen LogP contribution in [0.4, 0.5) is 0 Å². The van der Waals surface area contributed by atoms with E-state index in [1.54, 1.807) is 0 Å². The quantitative estimate of drug-likeness (QED) is 0.873. The summed E-state index contributed by atoms with van der Waals surface area (Å²) in [6, 6.07) is 5.36. The summed E-state index contributed by atoms with van der Waals surface area (Å²) < 4.78 is 0. The number of hydrogen-bond acceptors (Lipinski definition) is 2. The third-order valence-corrected chi connectivity index (χ3v) is 4.67. The van der Waals surface area contributed by atoms with Gasteiger partial charge in [-0.25, -0.2) is 0 Å². The zero-order valence-corrected chi connectivity index (χ0v) is 11.3. The highest BCUT2D eigenvalue weighted by molar-refractivity contribution is 5.13. The van der Waals surface area contributed by atoms with Crippen LogP contribution >= 0.6 is 0 Å². The molecule has 1 aromatic heterocycles. The molecule has 2 fully saturated rings. The summed E-state index contributed by atoms with van der Waals surface area (Å²) in [4.78, 5) is 4.21. The third kappa shape index (κ3) is 2.92. The molecule has 2 aliphatic rings. The van der Waals surface area contributed by atoms with Crippen LogP contribution in [0.1, 0.15) is 57.1 Å². The van der Waals surface area contributed by atoms with Crippen molar-refractivity contribution in [2.45, 2.75) is 57.5 Å². The highest BCUT2D eigenvalue weighted by atomic mass is 14.9. The Morgan fingerprint density at radius 1 is 1.22 bits per heavy atom. The Hall–Kier alpha value is -0.890. The second-order valence-electron chi connectivity index (χ2n) is 6.14. The normalized spacial score (nSPS) is 30.1. The Kier molecular flexibility index (Phi) is 3.64. The molecule has 1 aromatic rings. The predicted octanol–water partition coefficient (Wildman–Crippen LogP) is 3.70. The maximum absolute atomic E-state index is 4.21. The maximum atomic E-state index is 4.21. The second kappa shape index (κ2) is 5.40. The van der Waals surface area contributed by atoms with Gasteiger partial charge in [-0.1, -0.05) is 18.9 Å². The van der Waals surface area contributed by atoms with Crippen LogP contribution in [0.5, 0.6) is 0 Å². The number of pyridine rings is 1. The van der Waals surface area contributed by atoms with Crippen LogP contribution in [0.2, 0.25) is 0 Å². The number of aromatic nitrogens is 1. The first kappa shape index (κ1) is 12.2. The molecule has 0 radical (unpaired) electrons. The molecule has 0 bridgehead atoms. The molecular formula is C16H24N2. The van der Waals surface area contributed by atoms with Crippen molar-refractivity contribution in [3.8, 4) is 0 Å². The summed E-state index contributed by atoms with van der Waals surface area (Å²) >= 11 is 0. The monoisotopic (exact) mass is 244 g/mol. The lowest BCUT2D eigenvalue weighted by Crippen LogP contribution is -2.36. The lowest BCUT2D eigenvalue weighted by Gasteiger charge is -2.32. The SMILES string of the molecule is C[C@@H](NC1CCCC(C2CC2)C1)c1cccnc1. The minimum Gasteiger partial charge on any atom is -0.307 e. The van der Waals surface area contributed by atoms with Crippen LogP contribution < -0.4 is 5.32 Å². The molecular weight excluding hydrogens is 220 g/mol. The number of hydrogen-bond donors (Lipinski definition) is 1. The predicted molar refractivity (Wildman–Crippen MR) is 74.3 cm³/mol. The number of rotatable bonds is 4. The van der Waals surface area contributed by atoms with E-state index in [-0.39, 0.29) is 0 Å². The molecule has 0 spiro atoms. The van der Waals surface area contributed by atoms with Crippen molar-refractivity contribution in [1.29, 1.82) is 0 Å².